The van der Waals surface area contributed by atoms with Crippen molar-refractivity contribution in [2.45, 2.75) is 58.9 Å². The largest absolute Gasteiger partial charge is 0.242 e. The number of nitrogens with one attached hydrogen (secondary N) is 1. The number of rotatable bonds is 3. The summed E-state index contributed by atoms with van der Waals surface area (Å²) in [5, 5.41) is 7.17. The number of nitrogens with zero attached hydrogens (tertiary/aromatic N) is 1. The Morgan fingerprint density at radius 2 is 1.93 bits per heavy atom. The maximum atomic E-state index is 7.17. The van der Waals surface area contributed by atoms with E-state index in [1.54, 1.807) is 0 Å². The Morgan fingerprint density at radius 1 is 1.27 bits per heavy atom. The molecule has 0 heterocycles. The minimum absolute atomic E-state index is 0.00579. The SMILES string of the molecule is CC(C)C1CCCCC1(N=C=N)C(C)C. The molecule has 1 aliphatic rings. The summed E-state index contributed by atoms with van der Waals surface area (Å²) >= 11 is 0. The third-order valence-corrected chi connectivity index (χ3v) is 4.05. The van der Waals surface area contributed by atoms with Gasteiger partial charge in [-0.05, 0) is 30.6 Å². The van der Waals surface area contributed by atoms with Gasteiger partial charge in [-0.2, -0.15) is 0 Å². The van der Waals surface area contributed by atoms with E-state index in [1.165, 1.54) is 19.3 Å². The van der Waals surface area contributed by atoms with Gasteiger partial charge in [0.2, 0.25) is 0 Å². The molecule has 0 bridgehead atoms. The molecule has 0 amide bonds. The molecule has 0 saturated heterocycles. The zero-order valence-corrected chi connectivity index (χ0v) is 10.5. The first kappa shape index (κ1) is 12.4. The van der Waals surface area contributed by atoms with Crippen LogP contribution in [0.15, 0.2) is 4.99 Å². The number of hydrogen-bond acceptors (Lipinski definition) is 2. The van der Waals surface area contributed by atoms with Crippen molar-refractivity contribution in [1.29, 1.82) is 5.41 Å². The van der Waals surface area contributed by atoms with Crippen LogP contribution < -0.4 is 0 Å². The molecule has 0 radical (unpaired) electrons. The highest BCUT2D eigenvalue weighted by Crippen LogP contribution is 2.45. The molecular formula is C13H24N2. The van der Waals surface area contributed by atoms with Gasteiger partial charge >= 0.3 is 0 Å². The van der Waals surface area contributed by atoms with Gasteiger partial charge in [0.1, 0.15) is 0 Å². The van der Waals surface area contributed by atoms with Crippen LogP contribution >= 0.6 is 0 Å². The normalized spacial score (nSPS) is 31.7. The van der Waals surface area contributed by atoms with E-state index in [2.05, 4.69) is 38.7 Å². The van der Waals surface area contributed by atoms with Gasteiger partial charge in [0.25, 0.3) is 0 Å². The lowest BCUT2D eigenvalue weighted by molar-refractivity contribution is 0.0997. The van der Waals surface area contributed by atoms with Crippen LogP contribution in [-0.2, 0) is 0 Å². The van der Waals surface area contributed by atoms with E-state index in [-0.39, 0.29) is 5.54 Å². The van der Waals surface area contributed by atoms with Crippen LogP contribution in [0.3, 0.4) is 0 Å². The van der Waals surface area contributed by atoms with Crippen molar-refractivity contribution in [1.82, 2.24) is 0 Å². The molecule has 0 aromatic heterocycles. The zero-order valence-electron chi connectivity index (χ0n) is 10.5. The van der Waals surface area contributed by atoms with Crippen LogP contribution in [0.5, 0.6) is 0 Å². The Bertz CT molecular complexity index is 251. The molecule has 1 saturated carbocycles. The Balaban J connectivity index is 3.04. The average Bonchev–Trinajstić information content (AvgIpc) is 2.18. The minimum atomic E-state index is -0.00579. The summed E-state index contributed by atoms with van der Waals surface area (Å²) in [6, 6.07) is 2.32. The number of hydrogen-bond donors (Lipinski definition) is 1. The molecule has 86 valence electrons. The molecular weight excluding hydrogens is 184 g/mol. The van der Waals surface area contributed by atoms with Gasteiger partial charge in [0, 0.05) is 0 Å². The van der Waals surface area contributed by atoms with E-state index in [4.69, 9.17) is 5.41 Å². The highest BCUT2D eigenvalue weighted by atomic mass is 14.9. The van der Waals surface area contributed by atoms with Crippen LogP contribution in [0.2, 0.25) is 0 Å². The molecule has 1 rings (SSSR count). The van der Waals surface area contributed by atoms with Gasteiger partial charge in [-0.15, -0.1) is 0 Å². The third kappa shape index (κ3) is 2.31. The second-order valence-corrected chi connectivity index (χ2v) is 5.47. The Hall–Kier alpha value is -0.620. The maximum Gasteiger partial charge on any atom is 0.0867 e. The highest BCUT2D eigenvalue weighted by Gasteiger charge is 2.44. The lowest BCUT2D eigenvalue weighted by Crippen LogP contribution is -2.46. The van der Waals surface area contributed by atoms with Crippen molar-refractivity contribution in [3.05, 3.63) is 0 Å². The van der Waals surface area contributed by atoms with E-state index < -0.39 is 0 Å². The second kappa shape index (κ2) is 4.94. The summed E-state index contributed by atoms with van der Waals surface area (Å²) in [5.74, 6) is 1.80. The zero-order chi connectivity index (χ0) is 11.5. The summed E-state index contributed by atoms with van der Waals surface area (Å²) in [6.07, 6.45) is 4.98. The molecule has 2 atom stereocenters. The first-order chi connectivity index (χ1) is 7.04. The maximum absolute atomic E-state index is 7.17. The fourth-order valence-corrected chi connectivity index (χ4v) is 3.21. The van der Waals surface area contributed by atoms with Crippen molar-refractivity contribution in [3.63, 3.8) is 0 Å². The quantitative estimate of drug-likeness (QED) is 0.681. The van der Waals surface area contributed by atoms with Crippen molar-refractivity contribution in [2.75, 3.05) is 0 Å². The van der Waals surface area contributed by atoms with Crippen molar-refractivity contribution in [2.24, 2.45) is 22.7 Å². The van der Waals surface area contributed by atoms with E-state index in [9.17, 15) is 0 Å². The van der Waals surface area contributed by atoms with Gasteiger partial charge < -0.3 is 0 Å². The lowest BCUT2D eigenvalue weighted by Gasteiger charge is -2.45. The highest BCUT2D eigenvalue weighted by molar-refractivity contribution is 5.38. The summed E-state index contributed by atoms with van der Waals surface area (Å²) in [6.45, 7) is 9.04. The predicted octanol–water partition coefficient (Wildman–Crippen LogP) is 3.98. The predicted molar refractivity (Wildman–Crippen MR) is 64.5 cm³/mol. The fraction of sp³-hybridized carbons (Fsp3) is 0.923. The van der Waals surface area contributed by atoms with Crippen molar-refractivity contribution >= 4 is 6.01 Å². The molecule has 2 unspecified atom stereocenters. The molecule has 0 aromatic rings. The Morgan fingerprint density at radius 3 is 2.40 bits per heavy atom. The van der Waals surface area contributed by atoms with Gasteiger partial charge in [-0.3, -0.25) is 0 Å². The molecule has 0 spiro atoms. The fourth-order valence-electron chi connectivity index (χ4n) is 3.21. The monoisotopic (exact) mass is 208 g/mol. The minimum Gasteiger partial charge on any atom is -0.242 e. The van der Waals surface area contributed by atoms with E-state index in [1.807, 2.05) is 0 Å². The van der Waals surface area contributed by atoms with Crippen LogP contribution in [0.4, 0.5) is 0 Å². The van der Waals surface area contributed by atoms with Crippen molar-refractivity contribution < 1.29 is 0 Å². The molecule has 0 aromatic carbocycles. The standard InChI is InChI=1S/C13H24N2/c1-10(2)12-7-5-6-8-13(12,11(3)4)15-9-14/h10-12,14H,5-8H2,1-4H3. The van der Waals surface area contributed by atoms with Crippen LogP contribution in [0, 0.1) is 23.2 Å². The average molecular weight is 208 g/mol. The molecule has 1 aliphatic carbocycles. The van der Waals surface area contributed by atoms with Crippen LogP contribution in [-0.4, -0.2) is 11.5 Å². The molecule has 2 heteroatoms. The second-order valence-electron chi connectivity index (χ2n) is 5.47. The topological polar surface area (TPSA) is 36.2 Å². The summed E-state index contributed by atoms with van der Waals surface area (Å²) in [4.78, 5) is 4.43. The Kier molecular flexibility index (Phi) is 4.10. The van der Waals surface area contributed by atoms with E-state index in [0.29, 0.717) is 17.8 Å². The van der Waals surface area contributed by atoms with Crippen LogP contribution in [0.1, 0.15) is 53.4 Å². The molecule has 1 N–H and O–H groups in total. The van der Waals surface area contributed by atoms with Gasteiger partial charge in [-0.1, -0.05) is 40.5 Å². The first-order valence-corrected chi connectivity index (χ1v) is 6.18. The number of aliphatic imine (C=N–C) groups is 1. The van der Waals surface area contributed by atoms with E-state index in [0.717, 1.165) is 6.42 Å². The van der Waals surface area contributed by atoms with Crippen LogP contribution in [0.25, 0.3) is 0 Å². The van der Waals surface area contributed by atoms with Gasteiger partial charge in [0.05, 0.1) is 11.5 Å². The smallest absolute Gasteiger partial charge is 0.0867 e. The van der Waals surface area contributed by atoms with Crippen molar-refractivity contribution in [3.8, 4) is 0 Å². The first-order valence-electron chi connectivity index (χ1n) is 6.18. The summed E-state index contributed by atoms with van der Waals surface area (Å²) < 4.78 is 0. The molecule has 2 nitrogen and oxygen atoms in total. The lowest BCUT2D eigenvalue weighted by atomic mass is 9.63. The Labute approximate surface area is 93.7 Å². The third-order valence-electron chi connectivity index (χ3n) is 4.05. The molecule has 0 aliphatic heterocycles. The molecule has 1 fully saturated rings. The summed E-state index contributed by atoms with van der Waals surface area (Å²) in [7, 11) is 0. The van der Waals surface area contributed by atoms with Gasteiger partial charge in [-0.25, -0.2) is 10.4 Å². The summed E-state index contributed by atoms with van der Waals surface area (Å²) in [5.41, 5.74) is -0.00579. The van der Waals surface area contributed by atoms with E-state index >= 15 is 0 Å². The van der Waals surface area contributed by atoms with Gasteiger partial charge in [0.15, 0.2) is 0 Å². The molecule has 15 heavy (non-hydrogen) atoms.